The van der Waals surface area contributed by atoms with E-state index in [-0.39, 0.29) is 5.56 Å². The number of fused-ring (bicyclic) bond motifs is 1. The summed E-state index contributed by atoms with van der Waals surface area (Å²) in [5.74, 6) is 0. The second kappa shape index (κ2) is 5.45. The lowest BCUT2D eigenvalue weighted by Crippen LogP contribution is -2.15. The zero-order valence-corrected chi connectivity index (χ0v) is 13.5. The van der Waals surface area contributed by atoms with E-state index in [1.807, 2.05) is 66.2 Å². The number of hydrogen-bond acceptors (Lipinski definition) is 3. The van der Waals surface area contributed by atoms with E-state index in [0.29, 0.717) is 5.39 Å². The van der Waals surface area contributed by atoms with Gasteiger partial charge in [-0.1, -0.05) is 35.5 Å². The molecule has 5 heteroatoms. The van der Waals surface area contributed by atoms with Crippen molar-refractivity contribution in [2.24, 2.45) is 7.05 Å². The normalized spacial score (nSPS) is 11.1. The Hall–Kier alpha value is -3.21. The summed E-state index contributed by atoms with van der Waals surface area (Å²) in [5, 5.41) is 10.2. The molecule has 4 rings (SSSR count). The van der Waals surface area contributed by atoms with Gasteiger partial charge in [0.15, 0.2) is 0 Å². The Balaban J connectivity index is 1.95. The smallest absolute Gasteiger partial charge is 0.258 e. The van der Waals surface area contributed by atoms with Gasteiger partial charge >= 0.3 is 0 Å². The molecule has 0 amide bonds. The molecule has 2 heterocycles. The Kier molecular flexibility index (Phi) is 3.27. The molecule has 2 aromatic carbocycles. The van der Waals surface area contributed by atoms with Crippen LogP contribution < -0.4 is 5.56 Å². The molecule has 0 aliphatic rings. The standard InChI is InChI=1S/C19H16N4O/c1-13-18(20-21-23(13)14-7-4-3-5-8-14)16-9-6-10-17-15(16)11-12-22(2)19(17)24/h3-12H,1-2H3. The van der Waals surface area contributed by atoms with Gasteiger partial charge in [0.1, 0.15) is 5.69 Å². The minimum absolute atomic E-state index is 0.0116. The third-order valence-corrected chi connectivity index (χ3v) is 4.27. The predicted molar refractivity (Wildman–Crippen MR) is 94.3 cm³/mol. The van der Waals surface area contributed by atoms with Crippen LogP contribution in [0.25, 0.3) is 27.7 Å². The molecule has 0 saturated heterocycles. The van der Waals surface area contributed by atoms with Gasteiger partial charge in [-0.15, -0.1) is 5.10 Å². The second-order valence-electron chi connectivity index (χ2n) is 5.77. The Bertz CT molecular complexity index is 1090. The first-order valence-corrected chi connectivity index (χ1v) is 7.73. The van der Waals surface area contributed by atoms with Gasteiger partial charge in [-0.25, -0.2) is 4.68 Å². The molecule has 0 bridgehead atoms. The van der Waals surface area contributed by atoms with Crippen LogP contribution in [-0.4, -0.2) is 19.6 Å². The second-order valence-corrected chi connectivity index (χ2v) is 5.77. The molecule has 2 aromatic heterocycles. The summed E-state index contributed by atoms with van der Waals surface area (Å²) in [7, 11) is 1.76. The fraction of sp³-hybridized carbons (Fsp3) is 0.105. The molecule has 5 nitrogen and oxygen atoms in total. The molecule has 0 atom stereocenters. The fourth-order valence-corrected chi connectivity index (χ4v) is 2.97. The fourth-order valence-electron chi connectivity index (χ4n) is 2.97. The van der Waals surface area contributed by atoms with E-state index < -0.39 is 0 Å². The Morgan fingerprint density at radius 3 is 2.50 bits per heavy atom. The van der Waals surface area contributed by atoms with Crippen molar-refractivity contribution < 1.29 is 0 Å². The van der Waals surface area contributed by atoms with Crippen LogP contribution in [0.1, 0.15) is 5.69 Å². The maximum absolute atomic E-state index is 12.3. The number of aryl methyl sites for hydroxylation is 1. The number of nitrogens with zero attached hydrogens (tertiary/aromatic N) is 4. The molecule has 0 aliphatic carbocycles. The SMILES string of the molecule is Cc1c(-c2cccc3c(=O)n(C)ccc23)nnn1-c1ccccc1. The first-order valence-electron chi connectivity index (χ1n) is 7.73. The van der Waals surface area contributed by atoms with E-state index in [1.54, 1.807) is 17.8 Å². The Morgan fingerprint density at radius 2 is 1.71 bits per heavy atom. The monoisotopic (exact) mass is 316 g/mol. The molecule has 24 heavy (non-hydrogen) atoms. The van der Waals surface area contributed by atoms with Crippen molar-refractivity contribution in [3.05, 3.63) is 76.8 Å². The first kappa shape index (κ1) is 14.4. The van der Waals surface area contributed by atoms with Gasteiger partial charge in [0.2, 0.25) is 0 Å². The van der Waals surface area contributed by atoms with Crippen LogP contribution in [0.3, 0.4) is 0 Å². The minimum Gasteiger partial charge on any atom is -0.318 e. The zero-order valence-electron chi connectivity index (χ0n) is 13.5. The maximum Gasteiger partial charge on any atom is 0.258 e. The molecule has 0 saturated carbocycles. The van der Waals surface area contributed by atoms with Crippen molar-refractivity contribution in [1.29, 1.82) is 0 Å². The highest BCUT2D eigenvalue weighted by molar-refractivity contribution is 5.95. The first-order chi connectivity index (χ1) is 11.7. The van der Waals surface area contributed by atoms with Crippen molar-refractivity contribution in [2.75, 3.05) is 0 Å². The summed E-state index contributed by atoms with van der Waals surface area (Å²) in [5.41, 5.74) is 3.60. The van der Waals surface area contributed by atoms with Gasteiger partial charge in [0.05, 0.1) is 11.4 Å². The van der Waals surface area contributed by atoms with Gasteiger partial charge in [-0.3, -0.25) is 4.79 Å². The molecule has 0 unspecified atom stereocenters. The van der Waals surface area contributed by atoms with Crippen LogP contribution in [0.2, 0.25) is 0 Å². The largest absolute Gasteiger partial charge is 0.318 e. The molecular weight excluding hydrogens is 300 g/mol. The summed E-state index contributed by atoms with van der Waals surface area (Å²) in [4.78, 5) is 12.3. The summed E-state index contributed by atoms with van der Waals surface area (Å²) in [6, 6.07) is 17.6. The van der Waals surface area contributed by atoms with Crippen molar-refractivity contribution in [3.63, 3.8) is 0 Å². The van der Waals surface area contributed by atoms with E-state index in [2.05, 4.69) is 10.3 Å². The topological polar surface area (TPSA) is 52.7 Å². The number of aromatic nitrogens is 4. The highest BCUT2D eigenvalue weighted by Crippen LogP contribution is 2.28. The predicted octanol–water partition coefficient (Wildman–Crippen LogP) is 3.09. The van der Waals surface area contributed by atoms with Crippen LogP contribution in [0.4, 0.5) is 0 Å². The average molecular weight is 316 g/mol. The lowest BCUT2D eigenvalue weighted by Gasteiger charge is -2.07. The lowest BCUT2D eigenvalue weighted by molar-refractivity contribution is 0.785. The van der Waals surface area contributed by atoms with E-state index >= 15 is 0 Å². The highest BCUT2D eigenvalue weighted by Gasteiger charge is 2.15. The summed E-state index contributed by atoms with van der Waals surface area (Å²) >= 11 is 0. The van der Waals surface area contributed by atoms with Gasteiger partial charge in [0, 0.05) is 24.2 Å². The number of para-hydroxylation sites is 1. The Morgan fingerprint density at radius 1 is 0.917 bits per heavy atom. The van der Waals surface area contributed by atoms with E-state index in [0.717, 1.165) is 28.0 Å². The Labute approximate surface area is 138 Å². The molecule has 0 aliphatic heterocycles. The molecule has 4 aromatic rings. The molecular formula is C19H16N4O. The summed E-state index contributed by atoms with van der Waals surface area (Å²) in [6.07, 6.45) is 1.78. The molecule has 118 valence electrons. The zero-order chi connectivity index (χ0) is 16.7. The van der Waals surface area contributed by atoms with Gasteiger partial charge in [-0.2, -0.15) is 0 Å². The van der Waals surface area contributed by atoms with Gasteiger partial charge < -0.3 is 4.57 Å². The van der Waals surface area contributed by atoms with Crippen LogP contribution in [0.5, 0.6) is 0 Å². The van der Waals surface area contributed by atoms with Gasteiger partial charge in [-0.05, 0) is 36.6 Å². The lowest BCUT2D eigenvalue weighted by atomic mass is 10.0. The quantitative estimate of drug-likeness (QED) is 0.571. The molecule has 0 spiro atoms. The summed E-state index contributed by atoms with van der Waals surface area (Å²) < 4.78 is 3.40. The van der Waals surface area contributed by atoms with Crippen molar-refractivity contribution in [1.82, 2.24) is 19.6 Å². The number of benzene rings is 2. The van der Waals surface area contributed by atoms with Crippen LogP contribution in [0.15, 0.2) is 65.6 Å². The van der Waals surface area contributed by atoms with Crippen molar-refractivity contribution in [3.8, 4) is 16.9 Å². The van der Waals surface area contributed by atoms with E-state index in [4.69, 9.17) is 0 Å². The number of rotatable bonds is 2. The minimum atomic E-state index is -0.0116. The molecule has 0 fully saturated rings. The third kappa shape index (κ3) is 2.13. The highest BCUT2D eigenvalue weighted by atomic mass is 16.1. The molecule has 0 N–H and O–H groups in total. The average Bonchev–Trinajstić information content (AvgIpc) is 3.00. The van der Waals surface area contributed by atoms with Crippen molar-refractivity contribution in [2.45, 2.75) is 6.92 Å². The van der Waals surface area contributed by atoms with E-state index in [9.17, 15) is 4.79 Å². The van der Waals surface area contributed by atoms with Crippen molar-refractivity contribution >= 4 is 10.8 Å². The van der Waals surface area contributed by atoms with Crippen LogP contribution in [-0.2, 0) is 7.05 Å². The van der Waals surface area contributed by atoms with Gasteiger partial charge in [0.25, 0.3) is 5.56 Å². The molecule has 0 radical (unpaired) electrons. The van der Waals surface area contributed by atoms with Crippen LogP contribution in [0, 0.1) is 6.92 Å². The number of pyridine rings is 1. The van der Waals surface area contributed by atoms with Crippen LogP contribution >= 0.6 is 0 Å². The maximum atomic E-state index is 12.3. The van der Waals surface area contributed by atoms with E-state index in [1.165, 1.54) is 0 Å². The third-order valence-electron chi connectivity index (χ3n) is 4.27. The summed E-state index contributed by atoms with van der Waals surface area (Å²) in [6.45, 7) is 1.99. The number of hydrogen-bond donors (Lipinski definition) is 0.